The highest BCUT2D eigenvalue weighted by atomic mass is 35.5. The normalized spacial score (nSPS) is 11.2. The fourth-order valence-corrected chi connectivity index (χ4v) is 2.28. The number of anilines is 3. The van der Waals surface area contributed by atoms with E-state index in [4.69, 9.17) is 11.6 Å². The van der Waals surface area contributed by atoms with Crippen LogP contribution in [0.3, 0.4) is 0 Å². The van der Waals surface area contributed by atoms with Crippen molar-refractivity contribution in [1.29, 1.82) is 0 Å². The van der Waals surface area contributed by atoms with Crippen LogP contribution in [-0.4, -0.2) is 20.2 Å². The lowest BCUT2D eigenvalue weighted by Crippen LogP contribution is -2.11. The van der Waals surface area contributed by atoms with E-state index in [-0.39, 0.29) is 22.5 Å². The molecular formula is C16H12ClF3N6. The van der Waals surface area contributed by atoms with Gasteiger partial charge in [0.05, 0.1) is 29.7 Å². The molecule has 2 aromatic heterocycles. The molecule has 3 rings (SSSR count). The number of hydrogen-bond donors (Lipinski definition) is 2. The second kappa shape index (κ2) is 7.52. The van der Waals surface area contributed by atoms with Crippen LogP contribution in [0.1, 0.15) is 11.3 Å². The molecule has 0 saturated heterocycles. The molecule has 0 aliphatic rings. The van der Waals surface area contributed by atoms with Gasteiger partial charge in [0, 0.05) is 11.2 Å². The second-order valence-electron chi connectivity index (χ2n) is 5.15. The summed E-state index contributed by atoms with van der Waals surface area (Å²) in [6.45, 7) is 0.348. The molecule has 0 aliphatic carbocycles. The van der Waals surface area contributed by atoms with Crippen molar-refractivity contribution in [2.45, 2.75) is 12.7 Å². The molecule has 134 valence electrons. The number of aromatic nitrogens is 4. The zero-order chi connectivity index (χ0) is 18.6. The Kier molecular flexibility index (Phi) is 5.17. The monoisotopic (exact) mass is 380 g/mol. The summed E-state index contributed by atoms with van der Waals surface area (Å²) in [6, 6.07) is 8.86. The first-order valence-corrected chi connectivity index (χ1v) is 7.77. The summed E-state index contributed by atoms with van der Waals surface area (Å²) in [4.78, 5) is 8.24. The highest BCUT2D eigenvalue weighted by Crippen LogP contribution is 2.37. The first kappa shape index (κ1) is 17.9. The lowest BCUT2D eigenvalue weighted by Gasteiger charge is -2.14. The molecule has 1 aromatic carbocycles. The van der Waals surface area contributed by atoms with Crippen molar-refractivity contribution in [2.24, 2.45) is 0 Å². The Hall–Kier alpha value is -2.94. The lowest BCUT2D eigenvalue weighted by molar-refractivity contribution is -0.136. The molecule has 0 spiro atoms. The van der Waals surface area contributed by atoms with Crippen LogP contribution in [0.15, 0.2) is 48.8 Å². The Morgan fingerprint density at radius 3 is 2.69 bits per heavy atom. The largest absolute Gasteiger partial charge is 0.418 e. The lowest BCUT2D eigenvalue weighted by atomic mass is 10.1. The highest BCUT2D eigenvalue weighted by molar-refractivity contribution is 6.30. The smallest absolute Gasteiger partial charge is 0.347 e. The summed E-state index contributed by atoms with van der Waals surface area (Å²) in [5.74, 6) is 0.263. The zero-order valence-electron chi connectivity index (χ0n) is 13.1. The van der Waals surface area contributed by atoms with Crippen LogP contribution in [0, 0.1) is 0 Å². The quantitative estimate of drug-likeness (QED) is 0.687. The third-order valence-corrected chi connectivity index (χ3v) is 3.50. The van der Waals surface area contributed by atoms with Gasteiger partial charge >= 0.3 is 6.18 Å². The minimum Gasteiger partial charge on any atom is -0.347 e. The fourth-order valence-electron chi connectivity index (χ4n) is 2.11. The van der Waals surface area contributed by atoms with Crippen LogP contribution in [0.2, 0.25) is 5.02 Å². The Bertz CT molecular complexity index is 889. The van der Waals surface area contributed by atoms with Crippen LogP contribution >= 0.6 is 11.6 Å². The van der Waals surface area contributed by atoms with Gasteiger partial charge in [-0.3, -0.25) is 4.98 Å². The summed E-state index contributed by atoms with van der Waals surface area (Å²) in [5.41, 5.74) is -0.323. The van der Waals surface area contributed by atoms with Gasteiger partial charge in [0.25, 0.3) is 0 Å². The van der Waals surface area contributed by atoms with E-state index in [1.807, 2.05) is 12.1 Å². The van der Waals surface area contributed by atoms with Crippen LogP contribution in [0.25, 0.3) is 0 Å². The zero-order valence-corrected chi connectivity index (χ0v) is 13.9. The number of pyridine rings is 1. The molecule has 0 atom stereocenters. The van der Waals surface area contributed by atoms with Crippen molar-refractivity contribution in [2.75, 3.05) is 10.6 Å². The van der Waals surface area contributed by atoms with Crippen molar-refractivity contribution >= 4 is 29.1 Å². The molecular weight excluding hydrogens is 369 g/mol. The summed E-state index contributed by atoms with van der Waals surface area (Å²) >= 11 is 5.67. The van der Waals surface area contributed by atoms with E-state index in [2.05, 4.69) is 30.8 Å². The number of nitrogens with one attached hydrogen (secondary N) is 2. The Morgan fingerprint density at radius 1 is 1.12 bits per heavy atom. The van der Waals surface area contributed by atoms with Gasteiger partial charge in [-0.1, -0.05) is 17.7 Å². The Balaban J connectivity index is 1.77. The molecule has 0 bridgehead atoms. The van der Waals surface area contributed by atoms with E-state index in [9.17, 15) is 13.2 Å². The molecule has 0 radical (unpaired) electrons. The van der Waals surface area contributed by atoms with Crippen LogP contribution < -0.4 is 10.6 Å². The van der Waals surface area contributed by atoms with E-state index in [1.165, 1.54) is 18.3 Å². The topological polar surface area (TPSA) is 75.6 Å². The molecule has 10 heteroatoms. The van der Waals surface area contributed by atoms with E-state index in [1.54, 1.807) is 12.3 Å². The predicted molar refractivity (Wildman–Crippen MR) is 91.1 cm³/mol. The summed E-state index contributed by atoms with van der Waals surface area (Å²) in [5, 5.41) is 13.0. The average molecular weight is 381 g/mol. The molecule has 3 aromatic rings. The van der Waals surface area contributed by atoms with Gasteiger partial charge in [-0.2, -0.15) is 23.3 Å². The third-order valence-electron chi connectivity index (χ3n) is 3.26. The van der Waals surface area contributed by atoms with Crippen LogP contribution in [-0.2, 0) is 12.7 Å². The first-order chi connectivity index (χ1) is 12.4. The highest BCUT2D eigenvalue weighted by Gasteiger charge is 2.34. The van der Waals surface area contributed by atoms with E-state index >= 15 is 0 Å². The van der Waals surface area contributed by atoms with E-state index in [0.717, 1.165) is 11.8 Å². The van der Waals surface area contributed by atoms with Crippen molar-refractivity contribution in [3.8, 4) is 0 Å². The third kappa shape index (κ3) is 4.57. The number of benzene rings is 1. The Morgan fingerprint density at radius 2 is 1.96 bits per heavy atom. The maximum Gasteiger partial charge on any atom is 0.418 e. The summed E-state index contributed by atoms with van der Waals surface area (Å²) < 4.78 is 39.5. The van der Waals surface area contributed by atoms with Crippen molar-refractivity contribution in [1.82, 2.24) is 20.2 Å². The predicted octanol–water partition coefficient (Wildman–Crippen LogP) is 4.29. The second-order valence-corrected chi connectivity index (χ2v) is 5.59. The minimum atomic E-state index is -4.56. The standard InChI is InChI=1S/C16H12ClF3N6/c17-10-4-5-13(12(7-10)16(18,19)20)24-14-9-23-26-15(25-14)22-8-11-3-1-2-6-21-11/h1-7,9H,8H2,(H2,22,24,25,26). The van der Waals surface area contributed by atoms with Gasteiger partial charge in [0.15, 0.2) is 5.82 Å². The maximum absolute atomic E-state index is 13.2. The molecule has 0 amide bonds. The number of halogens is 4. The van der Waals surface area contributed by atoms with Gasteiger partial charge < -0.3 is 10.6 Å². The molecule has 0 fully saturated rings. The molecule has 2 N–H and O–H groups in total. The average Bonchev–Trinajstić information content (AvgIpc) is 2.62. The van der Waals surface area contributed by atoms with Gasteiger partial charge in [0.2, 0.25) is 5.95 Å². The minimum absolute atomic E-state index is 0.0126. The van der Waals surface area contributed by atoms with Crippen LogP contribution in [0.4, 0.5) is 30.6 Å². The number of alkyl halides is 3. The summed E-state index contributed by atoms with van der Waals surface area (Å²) in [7, 11) is 0. The Labute approximate surface area is 151 Å². The molecule has 0 saturated carbocycles. The van der Waals surface area contributed by atoms with Crippen molar-refractivity contribution < 1.29 is 13.2 Å². The van der Waals surface area contributed by atoms with Crippen molar-refractivity contribution in [3.05, 3.63) is 65.1 Å². The number of rotatable bonds is 5. The molecule has 26 heavy (non-hydrogen) atoms. The van der Waals surface area contributed by atoms with E-state index in [0.29, 0.717) is 6.54 Å². The summed E-state index contributed by atoms with van der Waals surface area (Å²) in [6.07, 6.45) is -1.69. The molecule has 0 aliphatic heterocycles. The molecule has 0 unspecified atom stereocenters. The molecule has 2 heterocycles. The van der Waals surface area contributed by atoms with Gasteiger partial charge in [-0.15, -0.1) is 5.10 Å². The van der Waals surface area contributed by atoms with Crippen molar-refractivity contribution in [3.63, 3.8) is 0 Å². The SMILES string of the molecule is FC(F)(F)c1cc(Cl)ccc1Nc1cnnc(NCc2ccccn2)n1. The van der Waals surface area contributed by atoms with Gasteiger partial charge in [-0.05, 0) is 30.3 Å². The fraction of sp³-hybridized carbons (Fsp3) is 0.125. The van der Waals surface area contributed by atoms with Gasteiger partial charge in [0.1, 0.15) is 0 Å². The first-order valence-electron chi connectivity index (χ1n) is 7.39. The number of hydrogen-bond acceptors (Lipinski definition) is 6. The maximum atomic E-state index is 13.2. The number of nitrogens with zero attached hydrogens (tertiary/aromatic N) is 4. The van der Waals surface area contributed by atoms with Gasteiger partial charge in [-0.25, -0.2) is 0 Å². The van der Waals surface area contributed by atoms with Crippen LogP contribution in [0.5, 0.6) is 0 Å². The van der Waals surface area contributed by atoms with E-state index < -0.39 is 11.7 Å². The molecule has 6 nitrogen and oxygen atoms in total.